The zero-order valence-electron chi connectivity index (χ0n) is 27.5. The molecule has 3 aromatic carbocycles. The monoisotopic (exact) mass is 751 g/mol. The number of carbonyl (C=O) groups is 1. The summed E-state index contributed by atoms with van der Waals surface area (Å²) in [5.74, 6) is 1.32. The predicted molar refractivity (Wildman–Crippen MR) is 187 cm³/mol. The molecule has 1 aliphatic heterocycles. The summed E-state index contributed by atoms with van der Waals surface area (Å²) in [5, 5.41) is 11.0. The molecule has 1 aromatic heterocycles. The highest BCUT2D eigenvalue weighted by Crippen LogP contribution is 2.41. The van der Waals surface area contributed by atoms with E-state index in [1.165, 1.54) is 35.1 Å². The van der Waals surface area contributed by atoms with Crippen LogP contribution in [-0.2, 0) is 16.1 Å². The van der Waals surface area contributed by atoms with Gasteiger partial charge in [0.2, 0.25) is 0 Å². The van der Waals surface area contributed by atoms with Crippen LogP contribution in [0.5, 0.6) is 23.0 Å². The van der Waals surface area contributed by atoms with Gasteiger partial charge in [0.25, 0.3) is 11.2 Å². The summed E-state index contributed by atoms with van der Waals surface area (Å²) >= 11 is 4.84. The Morgan fingerprint density at radius 3 is 2.31 bits per heavy atom. The average Bonchev–Trinajstić information content (AvgIpc) is 3.38. The number of benzene rings is 3. The molecule has 0 amide bonds. The molecule has 0 radical (unpaired) electrons. The number of hydrogen-bond acceptors (Lipinski definition) is 11. The molecule has 2 heterocycles. The lowest BCUT2D eigenvalue weighted by Gasteiger charge is -2.26. The number of methoxy groups -OCH3 is 1. The van der Waals surface area contributed by atoms with Gasteiger partial charge in [0.1, 0.15) is 6.61 Å². The van der Waals surface area contributed by atoms with Crippen molar-refractivity contribution >= 4 is 45.0 Å². The number of nitrogens with zero attached hydrogens (tertiary/aromatic N) is 3. The molecule has 1 atom stereocenters. The van der Waals surface area contributed by atoms with E-state index in [2.05, 4.69) is 20.9 Å². The summed E-state index contributed by atoms with van der Waals surface area (Å²) < 4.78 is 31.1. The second kappa shape index (κ2) is 15.5. The number of esters is 1. The van der Waals surface area contributed by atoms with Crippen LogP contribution in [0.15, 0.2) is 80.1 Å². The van der Waals surface area contributed by atoms with Gasteiger partial charge in [-0.05, 0) is 86.9 Å². The molecule has 49 heavy (non-hydrogen) atoms. The second-order valence-corrected chi connectivity index (χ2v) is 12.5. The van der Waals surface area contributed by atoms with Crippen molar-refractivity contribution < 1.29 is 33.4 Å². The van der Waals surface area contributed by atoms with Crippen LogP contribution in [-0.4, -0.2) is 42.4 Å². The summed E-state index contributed by atoms with van der Waals surface area (Å²) in [6.45, 7) is 8.27. The Kier molecular flexibility index (Phi) is 11.2. The number of fused-ring (bicyclic) bond motifs is 1. The molecule has 0 unspecified atom stereocenters. The van der Waals surface area contributed by atoms with Gasteiger partial charge in [0.05, 0.1) is 53.7 Å². The Bertz CT molecular complexity index is 2110. The molecule has 0 spiro atoms. The molecule has 0 bridgehead atoms. The molecule has 0 fully saturated rings. The minimum atomic E-state index is -0.870. The maximum atomic E-state index is 14.2. The van der Waals surface area contributed by atoms with Crippen LogP contribution < -0.4 is 33.8 Å². The van der Waals surface area contributed by atoms with E-state index >= 15 is 0 Å². The molecule has 14 heteroatoms. The molecule has 4 aromatic rings. The maximum absolute atomic E-state index is 14.2. The first-order chi connectivity index (χ1) is 23.6. The Morgan fingerprint density at radius 1 is 0.980 bits per heavy atom. The van der Waals surface area contributed by atoms with E-state index in [4.69, 9.17) is 23.7 Å². The highest BCUT2D eigenvalue weighted by molar-refractivity contribution is 9.10. The molecule has 1 aliphatic rings. The van der Waals surface area contributed by atoms with Gasteiger partial charge in [-0.15, -0.1) is 0 Å². The Morgan fingerprint density at radius 2 is 1.67 bits per heavy atom. The van der Waals surface area contributed by atoms with Crippen LogP contribution >= 0.6 is 27.3 Å². The lowest BCUT2D eigenvalue weighted by molar-refractivity contribution is -0.384. The molecule has 256 valence electrons. The van der Waals surface area contributed by atoms with E-state index in [1.807, 2.05) is 13.8 Å². The zero-order chi connectivity index (χ0) is 35.2. The van der Waals surface area contributed by atoms with Gasteiger partial charge >= 0.3 is 5.97 Å². The Hall–Kier alpha value is -4.95. The van der Waals surface area contributed by atoms with E-state index in [0.717, 1.165) is 5.56 Å². The van der Waals surface area contributed by atoms with Crippen molar-refractivity contribution in [3.05, 3.63) is 117 Å². The summed E-state index contributed by atoms with van der Waals surface area (Å²) in [6.07, 6.45) is 1.74. The smallest absolute Gasteiger partial charge is 0.338 e. The van der Waals surface area contributed by atoms with Gasteiger partial charge < -0.3 is 23.7 Å². The zero-order valence-corrected chi connectivity index (χ0v) is 29.9. The summed E-state index contributed by atoms with van der Waals surface area (Å²) in [6, 6.07) is 14.1. The van der Waals surface area contributed by atoms with E-state index in [9.17, 15) is 19.7 Å². The van der Waals surface area contributed by atoms with Gasteiger partial charge in [0.15, 0.2) is 27.8 Å². The van der Waals surface area contributed by atoms with Crippen molar-refractivity contribution in [2.45, 2.75) is 40.3 Å². The average molecular weight is 753 g/mol. The van der Waals surface area contributed by atoms with E-state index in [0.29, 0.717) is 66.8 Å². The van der Waals surface area contributed by atoms with Crippen LogP contribution in [0.3, 0.4) is 0 Å². The van der Waals surface area contributed by atoms with Crippen LogP contribution in [0.2, 0.25) is 0 Å². The number of thiazole rings is 1. The normalized spacial score (nSPS) is 14.2. The number of rotatable bonds is 13. The highest BCUT2D eigenvalue weighted by Gasteiger charge is 2.35. The van der Waals surface area contributed by atoms with Crippen LogP contribution in [0.25, 0.3) is 6.08 Å². The number of non-ortho nitro benzene ring substituents is 1. The third-order valence-corrected chi connectivity index (χ3v) is 9.17. The minimum absolute atomic E-state index is 0.00109. The third-order valence-electron chi connectivity index (χ3n) is 7.50. The van der Waals surface area contributed by atoms with Crippen molar-refractivity contribution in [2.75, 3.05) is 26.9 Å². The fourth-order valence-electron chi connectivity index (χ4n) is 5.30. The maximum Gasteiger partial charge on any atom is 0.338 e. The SMILES string of the molecule is CCOC(=O)C1=C(C)N=c2s/c(=C/c3ccc(OCc4ccc([N+](=O)[O-])cc4)c(OCC)c3)c(=O)n2[C@H]1c1cc(OC)c(OCC)cc1Br. The number of halogens is 1. The molecule has 5 rings (SSSR count). The summed E-state index contributed by atoms with van der Waals surface area (Å²) in [4.78, 5) is 43.2. The predicted octanol–water partition coefficient (Wildman–Crippen LogP) is 5.85. The lowest BCUT2D eigenvalue weighted by atomic mass is 9.95. The first kappa shape index (κ1) is 35.4. The standard InChI is InChI=1S/C35H34BrN3O9S/c1-6-45-28-15-22(11-14-26(28)48-19-21-9-12-23(13-10-21)39(42)43)16-30-33(40)38-32(24-17-27(44-5)29(46-7-2)18-25(24)36)31(34(41)47-8-3)20(4)37-35(38)49-30/h9-18,32H,6-8,19H2,1-5H3/b30-16+/t32-/m0/s1. The van der Waals surface area contributed by atoms with Gasteiger partial charge in [-0.3, -0.25) is 19.5 Å². The summed E-state index contributed by atoms with van der Waals surface area (Å²) in [5.41, 5.74) is 2.35. The van der Waals surface area contributed by atoms with Crippen molar-refractivity contribution in [1.29, 1.82) is 0 Å². The molecular formula is C35H34BrN3O9S. The fraction of sp³-hybridized carbons (Fsp3) is 0.286. The van der Waals surface area contributed by atoms with Gasteiger partial charge in [-0.25, -0.2) is 9.79 Å². The lowest BCUT2D eigenvalue weighted by Crippen LogP contribution is -2.40. The van der Waals surface area contributed by atoms with Crippen LogP contribution in [0.1, 0.15) is 50.4 Å². The number of carbonyl (C=O) groups excluding carboxylic acids is 1. The van der Waals surface area contributed by atoms with Gasteiger partial charge in [-0.2, -0.15) is 0 Å². The molecule has 12 nitrogen and oxygen atoms in total. The second-order valence-electron chi connectivity index (χ2n) is 10.6. The Labute approximate surface area is 294 Å². The van der Waals surface area contributed by atoms with Gasteiger partial charge in [0, 0.05) is 16.6 Å². The number of nitro groups is 1. The molecular weight excluding hydrogens is 718 g/mol. The van der Waals surface area contributed by atoms with E-state index in [-0.39, 0.29) is 30.0 Å². The minimum Gasteiger partial charge on any atom is -0.493 e. The van der Waals surface area contributed by atoms with Crippen LogP contribution in [0.4, 0.5) is 5.69 Å². The summed E-state index contributed by atoms with van der Waals surface area (Å²) in [7, 11) is 1.52. The quantitative estimate of drug-likeness (QED) is 0.0934. The van der Waals surface area contributed by atoms with Crippen molar-refractivity contribution in [3.8, 4) is 23.0 Å². The number of hydrogen-bond donors (Lipinski definition) is 0. The number of allylic oxidation sites excluding steroid dienone is 1. The molecule has 0 aliphatic carbocycles. The first-order valence-corrected chi connectivity index (χ1v) is 17.0. The highest BCUT2D eigenvalue weighted by atomic mass is 79.9. The van der Waals surface area contributed by atoms with E-state index < -0.39 is 16.9 Å². The Balaban J connectivity index is 1.57. The van der Waals surface area contributed by atoms with E-state index in [1.54, 1.807) is 62.4 Å². The van der Waals surface area contributed by atoms with Crippen molar-refractivity contribution in [1.82, 2.24) is 4.57 Å². The molecule has 0 saturated carbocycles. The first-order valence-electron chi connectivity index (χ1n) is 15.4. The number of nitro benzene ring substituents is 1. The fourth-order valence-corrected chi connectivity index (χ4v) is 6.89. The topological polar surface area (TPSA) is 141 Å². The number of aromatic nitrogens is 1. The third kappa shape index (κ3) is 7.55. The largest absolute Gasteiger partial charge is 0.493 e. The van der Waals surface area contributed by atoms with Gasteiger partial charge in [-0.1, -0.05) is 33.3 Å². The van der Waals surface area contributed by atoms with Crippen molar-refractivity contribution in [3.63, 3.8) is 0 Å². The molecule has 0 N–H and O–H groups in total. The molecule has 0 saturated heterocycles. The van der Waals surface area contributed by atoms with Crippen molar-refractivity contribution in [2.24, 2.45) is 4.99 Å². The van der Waals surface area contributed by atoms with Crippen LogP contribution in [0, 0.1) is 10.1 Å². The number of ether oxygens (including phenoxy) is 5.